The fourth-order valence-corrected chi connectivity index (χ4v) is 2.48. The average molecular weight is 248 g/mol. The summed E-state index contributed by atoms with van der Waals surface area (Å²) >= 11 is 0. The Morgan fingerprint density at radius 2 is 2.22 bits per heavy atom. The second-order valence-corrected chi connectivity index (χ2v) is 5.12. The first-order valence-corrected chi connectivity index (χ1v) is 6.34. The van der Waals surface area contributed by atoms with Gasteiger partial charge in [0, 0.05) is 17.3 Å². The Hall–Kier alpha value is -1.62. The van der Waals surface area contributed by atoms with Crippen LogP contribution in [-0.2, 0) is 0 Å². The number of rotatable bonds is 3. The molecule has 2 unspecified atom stereocenters. The molecule has 5 heteroatoms. The monoisotopic (exact) mass is 248 g/mol. The predicted octanol–water partition coefficient (Wildman–Crippen LogP) is 1.59. The number of nitrogen functional groups attached to an aromatic ring is 1. The highest BCUT2D eigenvalue weighted by Gasteiger charge is 2.23. The van der Waals surface area contributed by atoms with Gasteiger partial charge in [-0.25, -0.2) is 10.8 Å². The van der Waals surface area contributed by atoms with E-state index in [9.17, 15) is 4.79 Å². The number of amides is 1. The van der Waals surface area contributed by atoms with Crippen LogP contribution in [-0.4, -0.2) is 16.9 Å². The minimum absolute atomic E-state index is 0.0453. The fourth-order valence-electron chi connectivity index (χ4n) is 2.48. The third-order valence-electron chi connectivity index (χ3n) is 3.39. The number of hydrazine groups is 1. The highest BCUT2D eigenvalue weighted by atomic mass is 16.1. The van der Waals surface area contributed by atoms with Crippen LogP contribution >= 0.6 is 0 Å². The molecule has 2 rings (SSSR count). The zero-order valence-corrected chi connectivity index (χ0v) is 10.9. The standard InChI is InChI=1S/C13H20N4O/c1-8-3-4-11(5-8)16-13(18)10-6-9(2)15-12(7-10)17-14/h6-8,11H,3-5,14H2,1-2H3,(H,15,17)(H,16,18). The maximum Gasteiger partial charge on any atom is 0.251 e. The van der Waals surface area contributed by atoms with Gasteiger partial charge in [0.05, 0.1) is 0 Å². The maximum atomic E-state index is 12.1. The van der Waals surface area contributed by atoms with Crippen molar-refractivity contribution < 1.29 is 4.79 Å². The van der Waals surface area contributed by atoms with E-state index in [1.807, 2.05) is 6.92 Å². The molecule has 2 atom stereocenters. The molecule has 4 N–H and O–H groups in total. The second-order valence-electron chi connectivity index (χ2n) is 5.12. The van der Waals surface area contributed by atoms with Gasteiger partial charge >= 0.3 is 0 Å². The molecule has 1 aromatic rings. The highest BCUT2D eigenvalue weighted by Crippen LogP contribution is 2.24. The molecule has 1 heterocycles. The van der Waals surface area contributed by atoms with E-state index in [-0.39, 0.29) is 5.91 Å². The summed E-state index contributed by atoms with van der Waals surface area (Å²) in [5.74, 6) is 6.50. The Kier molecular flexibility index (Phi) is 3.81. The van der Waals surface area contributed by atoms with Crippen LogP contribution in [0.25, 0.3) is 0 Å². The molecule has 98 valence electrons. The Morgan fingerprint density at radius 3 is 2.83 bits per heavy atom. The van der Waals surface area contributed by atoms with Gasteiger partial charge in [-0.2, -0.15) is 0 Å². The smallest absolute Gasteiger partial charge is 0.251 e. The number of aromatic nitrogens is 1. The number of carbonyl (C=O) groups is 1. The number of hydrogen-bond donors (Lipinski definition) is 3. The van der Waals surface area contributed by atoms with Gasteiger partial charge in [0.1, 0.15) is 5.82 Å². The van der Waals surface area contributed by atoms with Crippen LogP contribution in [0.1, 0.15) is 42.2 Å². The van der Waals surface area contributed by atoms with E-state index in [0.29, 0.717) is 23.3 Å². The number of carbonyl (C=O) groups excluding carboxylic acids is 1. The lowest BCUT2D eigenvalue weighted by Crippen LogP contribution is -2.33. The summed E-state index contributed by atoms with van der Waals surface area (Å²) in [6.45, 7) is 4.06. The molecule has 0 spiro atoms. The van der Waals surface area contributed by atoms with Crippen molar-refractivity contribution in [2.75, 3.05) is 5.43 Å². The SMILES string of the molecule is Cc1cc(C(=O)NC2CCC(C)C2)cc(NN)n1. The van der Waals surface area contributed by atoms with Crippen molar-refractivity contribution in [3.63, 3.8) is 0 Å². The fraction of sp³-hybridized carbons (Fsp3) is 0.538. The number of hydrogen-bond acceptors (Lipinski definition) is 4. The lowest BCUT2D eigenvalue weighted by Gasteiger charge is -2.13. The first-order valence-electron chi connectivity index (χ1n) is 6.34. The van der Waals surface area contributed by atoms with Crippen molar-refractivity contribution in [3.05, 3.63) is 23.4 Å². The third-order valence-corrected chi connectivity index (χ3v) is 3.39. The van der Waals surface area contributed by atoms with Crippen molar-refractivity contribution in [2.45, 2.75) is 39.2 Å². The molecule has 5 nitrogen and oxygen atoms in total. The number of anilines is 1. The van der Waals surface area contributed by atoms with E-state index < -0.39 is 0 Å². The van der Waals surface area contributed by atoms with Crippen LogP contribution in [0, 0.1) is 12.8 Å². The Labute approximate surface area is 107 Å². The number of nitrogens with zero attached hydrogens (tertiary/aromatic N) is 1. The first-order chi connectivity index (χ1) is 8.58. The summed E-state index contributed by atoms with van der Waals surface area (Å²) in [5, 5.41) is 3.07. The number of nitrogens with one attached hydrogen (secondary N) is 2. The number of nitrogens with two attached hydrogens (primary N) is 1. The van der Waals surface area contributed by atoms with Gasteiger partial charge in [-0.3, -0.25) is 4.79 Å². The minimum Gasteiger partial charge on any atom is -0.349 e. The summed E-state index contributed by atoms with van der Waals surface area (Å²) in [6.07, 6.45) is 3.33. The van der Waals surface area contributed by atoms with Crippen LogP contribution in [0.4, 0.5) is 5.82 Å². The van der Waals surface area contributed by atoms with Gasteiger partial charge in [-0.1, -0.05) is 6.92 Å². The van der Waals surface area contributed by atoms with Gasteiger partial charge in [0.15, 0.2) is 0 Å². The molecule has 0 saturated heterocycles. The van der Waals surface area contributed by atoms with E-state index in [1.54, 1.807) is 12.1 Å². The Morgan fingerprint density at radius 1 is 1.44 bits per heavy atom. The van der Waals surface area contributed by atoms with Crippen molar-refractivity contribution in [2.24, 2.45) is 11.8 Å². The molecule has 1 amide bonds. The molecular formula is C13H20N4O. The van der Waals surface area contributed by atoms with Crippen LogP contribution in [0.2, 0.25) is 0 Å². The largest absolute Gasteiger partial charge is 0.349 e. The molecule has 18 heavy (non-hydrogen) atoms. The van der Waals surface area contributed by atoms with E-state index in [4.69, 9.17) is 5.84 Å². The quantitative estimate of drug-likeness (QED) is 0.560. The van der Waals surface area contributed by atoms with Gasteiger partial charge in [-0.15, -0.1) is 0 Å². The van der Waals surface area contributed by atoms with Gasteiger partial charge < -0.3 is 10.7 Å². The van der Waals surface area contributed by atoms with Gasteiger partial charge in [0.25, 0.3) is 5.91 Å². The molecular weight excluding hydrogens is 228 g/mol. The topological polar surface area (TPSA) is 80.0 Å². The van der Waals surface area contributed by atoms with E-state index in [0.717, 1.165) is 18.5 Å². The van der Waals surface area contributed by atoms with Crippen LogP contribution < -0.4 is 16.6 Å². The highest BCUT2D eigenvalue weighted by molar-refractivity contribution is 5.95. The zero-order valence-electron chi connectivity index (χ0n) is 10.9. The lowest BCUT2D eigenvalue weighted by molar-refractivity contribution is 0.0937. The molecule has 1 aliphatic rings. The lowest BCUT2D eigenvalue weighted by atomic mass is 10.1. The summed E-state index contributed by atoms with van der Waals surface area (Å²) in [6, 6.07) is 3.74. The summed E-state index contributed by atoms with van der Waals surface area (Å²) in [7, 11) is 0. The Bertz CT molecular complexity index is 447. The Balaban J connectivity index is 2.06. The van der Waals surface area contributed by atoms with Crippen LogP contribution in [0.3, 0.4) is 0 Å². The van der Waals surface area contributed by atoms with E-state index in [1.165, 1.54) is 6.42 Å². The summed E-state index contributed by atoms with van der Waals surface area (Å²) in [5.41, 5.74) is 3.85. The van der Waals surface area contributed by atoms with Crippen molar-refractivity contribution in [1.82, 2.24) is 10.3 Å². The molecule has 1 fully saturated rings. The maximum absolute atomic E-state index is 12.1. The summed E-state index contributed by atoms with van der Waals surface area (Å²) in [4.78, 5) is 16.3. The van der Waals surface area contributed by atoms with Crippen molar-refractivity contribution in [3.8, 4) is 0 Å². The molecule has 1 saturated carbocycles. The number of aryl methyl sites for hydroxylation is 1. The normalized spacial score (nSPS) is 22.8. The van der Waals surface area contributed by atoms with Gasteiger partial charge in [-0.05, 0) is 44.2 Å². The van der Waals surface area contributed by atoms with Crippen LogP contribution in [0.15, 0.2) is 12.1 Å². The van der Waals surface area contributed by atoms with E-state index >= 15 is 0 Å². The molecule has 1 aliphatic carbocycles. The van der Waals surface area contributed by atoms with Crippen LogP contribution in [0.5, 0.6) is 0 Å². The van der Waals surface area contributed by atoms with E-state index in [2.05, 4.69) is 22.7 Å². The second kappa shape index (κ2) is 5.35. The molecule has 0 bridgehead atoms. The molecule has 0 aromatic carbocycles. The molecule has 0 radical (unpaired) electrons. The average Bonchev–Trinajstić information content (AvgIpc) is 2.73. The molecule has 1 aromatic heterocycles. The first kappa shape index (κ1) is 12.8. The van der Waals surface area contributed by atoms with Crippen molar-refractivity contribution in [1.29, 1.82) is 0 Å². The molecule has 0 aliphatic heterocycles. The zero-order chi connectivity index (χ0) is 13.1. The minimum atomic E-state index is -0.0453. The predicted molar refractivity (Wildman–Crippen MR) is 71.1 cm³/mol. The third kappa shape index (κ3) is 2.98. The van der Waals surface area contributed by atoms with Gasteiger partial charge in [0.2, 0.25) is 0 Å². The summed E-state index contributed by atoms with van der Waals surface area (Å²) < 4.78 is 0. The van der Waals surface area contributed by atoms with Crippen molar-refractivity contribution >= 4 is 11.7 Å². The number of pyridine rings is 1.